The molecule has 0 N–H and O–H groups in total. The lowest BCUT2D eigenvalue weighted by atomic mass is 10.3. The molecular formula is C17H15N3O5S2. The average Bonchev–Trinajstić information content (AvgIpc) is 2.90. The molecule has 0 aliphatic heterocycles. The van der Waals surface area contributed by atoms with Crippen LogP contribution in [0.5, 0.6) is 5.88 Å². The number of benzene rings is 2. The van der Waals surface area contributed by atoms with E-state index in [-0.39, 0.29) is 11.6 Å². The largest absolute Gasteiger partial charge is 0.360 e. The fraction of sp³-hybridized carbons (Fsp3) is 0.118. The molecule has 0 bridgehead atoms. The van der Waals surface area contributed by atoms with Gasteiger partial charge in [-0.2, -0.15) is 18.2 Å². The van der Waals surface area contributed by atoms with E-state index in [4.69, 9.17) is 4.18 Å². The van der Waals surface area contributed by atoms with Crippen LogP contribution in [0.3, 0.4) is 0 Å². The quantitative estimate of drug-likeness (QED) is 0.351. The van der Waals surface area contributed by atoms with Crippen LogP contribution in [0.15, 0.2) is 64.4 Å². The van der Waals surface area contributed by atoms with Gasteiger partial charge < -0.3 is 4.18 Å². The maximum atomic E-state index is 11.8. The highest BCUT2D eigenvalue weighted by atomic mass is 32.2. The summed E-state index contributed by atoms with van der Waals surface area (Å²) in [6.45, 7) is 1.69. The highest BCUT2D eigenvalue weighted by molar-refractivity contribution is 7.99. The highest BCUT2D eigenvalue weighted by Gasteiger charge is 2.25. The summed E-state index contributed by atoms with van der Waals surface area (Å²) >= 11 is 1.04. The molecule has 3 rings (SSSR count). The maximum Gasteiger partial charge on any atom is 0.307 e. The van der Waals surface area contributed by atoms with Crippen molar-refractivity contribution in [2.45, 2.75) is 16.7 Å². The van der Waals surface area contributed by atoms with Crippen molar-refractivity contribution in [2.75, 3.05) is 6.26 Å². The van der Waals surface area contributed by atoms with Crippen LogP contribution >= 0.6 is 11.8 Å². The molecule has 0 atom stereocenters. The molecule has 0 saturated heterocycles. The van der Waals surface area contributed by atoms with Gasteiger partial charge in [-0.05, 0) is 25.1 Å². The average molecular weight is 405 g/mol. The Morgan fingerprint density at radius 2 is 1.74 bits per heavy atom. The lowest BCUT2D eigenvalue weighted by Crippen LogP contribution is -2.10. The van der Waals surface area contributed by atoms with Gasteiger partial charge in [0.15, 0.2) is 0 Å². The minimum absolute atomic E-state index is 0.00986. The predicted octanol–water partition coefficient (Wildman–Crippen LogP) is 3.58. The molecule has 1 heterocycles. The summed E-state index contributed by atoms with van der Waals surface area (Å²) < 4.78 is 30.1. The van der Waals surface area contributed by atoms with Crippen molar-refractivity contribution in [3.05, 3.63) is 70.4 Å². The normalized spacial score (nSPS) is 11.3. The van der Waals surface area contributed by atoms with E-state index < -0.39 is 15.0 Å². The molecule has 0 unspecified atom stereocenters. The first kappa shape index (κ1) is 18.9. The number of para-hydroxylation sites is 2. The van der Waals surface area contributed by atoms with Gasteiger partial charge in [-0.1, -0.05) is 42.1 Å². The summed E-state index contributed by atoms with van der Waals surface area (Å²) in [5, 5.41) is 15.7. The van der Waals surface area contributed by atoms with Gasteiger partial charge in [-0.3, -0.25) is 10.1 Å². The lowest BCUT2D eigenvalue weighted by Gasteiger charge is -2.09. The zero-order chi connectivity index (χ0) is 19.6. The Morgan fingerprint density at radius 1 is 1.11 bits per heavy atom. The molecule has 0 fully saturated rings. The zero-order valence-corrected chi connectivity index (χ0v) is 16.0. The Morgan fingerprint density at radius 3 is 2.37 bits per heavy atom. The van der Waals surface area contributed by atoms with Gasteiger partial charge in [-0.25, -0.2) is 0 Å². The van der Waals surface area contributed by atoms with Gasteiger partial charge in [0.2, 0.25) is 0 Å². The molecule has 1 aromatic heterocycles. The monoisotopic (exact) mass is 405 g/mol. The maximum absolute atomic E-state index is 11.8. The molecule has 10 heteroatoms. The first-order valence-electron chi connectivity index (χ1n) is 7.72. The predicted molar refractivity (Wildman–Crippen MR) is 101 cm³/mol. The number of rotatable bonds is 6. The summed E-state index contributed by atoms with van der Waals surface area (Å²) in [5.74, 6) is -0.00986. The van der Waals surface area contributed by atoms with E-state index in [2.05, 4.69) is 5.10 Å². The molecule has 27 heavy (non-hydrogen) atoms. The van der Waals surface area contributed by atoms with E-state index in [0.717, 1.165) is 18.0 Å². The van der Waals surface area contributed by atoms with Gasteiger partial charge in [0, 0.05) is 6.07 Å². The standard InChI is InChI=1S/C17H15N3O5S2/c1-12-16(26-15-11-7-6-10-14(15)20(21)22)17(25-27(2,23)24)19(18-12)13-8-4-3-5-9-13/h3-11H,1-2H3. The number of nitro benzene ring substituents is 1. The molecule has 0 spiro atoms. The van der Waals surface area contributed by atoms with Gasteiger partial charge in [0.1, 0.15) is 0 Å². The molecule has 0 aliphatic rings. The van der Waals surface area contributed by atoms with Gasteiger partial charge in [0.05, 0.1) is 32.4 Å². The summed E-state index contributed by atoms with van der Waals surface area (Å²) in [4.78, 5) is 11.5. The van der Waals surface area contributed by atoms with Crippen LogP contribution in [0.2, 0.25) is 0 Å². The molecule has 140 valence electrons. The summed E-state index contributed by atoms with van der Waals surface area (Å²) in [5.41, 5.74) is 1.01. The van der Waals surface area contributed by atoms with Gasteiger partial charge >= 0.3 is 10.1 Å². The number of hydrogen-bond acceptors (Lipinski definition) is 7. The number of hydrogen-bond donors (Lipinski definition) is 0. The molecule has 2 aromatic carbocycles. The van der Waals surface area contributed by atoms with E-state index >= 15 is 0 Å². The number of nitro groups is 1. The third-order valence-corrected chi connectivity index (χ3v) is 5.17. The Hall–Kier alpha value is -2.85. The molecule has 0 amide bonds. The second-order valence-electron chi connectivity index (χ2n) is 5.58. The summed E-state index contributed by atoms with van der Waals surface area (Å²) in [6.07, 6.45) is 0.935. The van der Waals surface area contributed by atoms with Crippen molar-refractivity contribution in [1.29, 1.82) is 0 Å². The van der Waals surface area contributed by atoms with Crippen LogP contribution in [-0.2, 0) is 10.1 Å². The second-order valence-corrected chi connectivity index (χ2v) is 8.21. The fourth-order valence-electron chi connectivity index (χ4n) is 2.37. The van der Waals surface area contributed by atoms with Crippen LogP contribution in [-0.4, -0.2) is 29.4 Å². The SMILES string of the molecule is Cc1nn(-c2ccccc2)c(OS(C)(=O)=O)c1Sc1ccccc1[N+](=O)[O-]. The number of aromatic nitrogens is 2. The number of aryl methyl sites for hydroxylation is 1. The Bertz CT molecular complexity index is 1100. The van der Waals surface area contributed by atoms with Crippen LogP contribution in [0.1, 0.15) is 5.69 Å². The molecule has 0 radical (unpaired) electrons. The Labute approximate surface area is 160 Å². The molecule has 0 aliphatic carbocycles. The van der Waals surface area contributed by atoms with E-state index in [1.54, 1.807) is 49.4 Å². The van der Waals surface area contributed by atoms with E-state index in [1.165, 1.54) is 10.7 Å². The Kier molecular flexibility index (Phi) is 5.19. The van der Waals surface area contributed by atoms with Crippen molar-refractivity contribution < 1.29 is 17.5 Å². The van der Waals surface area contributed by atoms with Gasteiger partial charge in [0.25, 0.3) is 11.6 Å². The fourth-order valence-corrected chi connectivity index (χ4v) is 3.89. The van der Waals surface area contributed by atoms with Crippen LogP contribution in [0.25, 0.3) is 5.69 Å². The van der Waals surface area contributed by atoms with E-state index in [1.807, 2.05) is 6.07 Å². The summed E-state index contributed by atoms with van der Waals surface area (Å²) in [7, 11) is -3.84. The van der Waals surface area contributed by atoms with Crippen molar-refractivity contribution in [1.82, 2.24) is 9.78 Å². The van der Waals surface area contributed by atoms with Crippen molar-refractivity contribution in [3.63, 3.8) is 0 Å². The highest BCUT2D eigenvalue weighted by Crippen LogP contribution is 2.42. The lowest BCUT2D eigenvalue weighted by molar-refractivity contribution is -0.387. The third-order valence-electron chi connectivity index (χ3n) is 3.47. The van der Waals surface area contributed by atoms with Gasteiger partial charge in [-0.15, -0.1) is 0 Å². The minimum atomic E-state index is -3.84. The first-order chi connectivity index (χ1) is 12.8. The Balaban J connectivity index is 2.16. The van der Waals surface area contributed by atoms with Crippen molar-refractivity contribution >= 4 is 27.6 Å². The van der Waals surface area contributed by atoms with Crippen LogP contribution in [0, 0.1) is 17.0 Å². The molecule has 8 nitrogen and oxygen atoms in total. The van der Waals surface area contributed by atoms with E-state index in [0.29, 0.717) is 21.2 Å². The summed E-state index contributed by atoms with van der Waals surface area (Å²) in [6, 6.07) is 15.1. The number of nitrogens with zero attached hydrogens (tertiary/aromatic N) is 3. The zero-order valence-electron chi connectivity index (χ0n) is 14.4. The van der Waals surface area contributed by atoms with E-state index in [9.17, 15) is 18.5 Å². The second kappa shape index (κ2) is 7.41. The van der Waals surface area contributed by atoms with Crippen molar-refractivity contribution in [2.24, 2.45) is 0 Å². The topological polar surface area (TPSA) is 104 Å². The smallest absolute Gasteiger partial charge is 0.307 e. The third kappa shape index (κ3) is 4.29. The van der Waals surface area contributed by atoms with Crippen LogP contribution < -0.4 is 4.18 Å². The van der Waals surface area contributed by atoms with Crippen LogP contribution in [0.4, 0.5) is 5.69 Å². The first-order valence-corrected chi connectivity index (χ1v) is 10.4. The van der Waals surface area contributed by atoms with Crippen molar-refractivity contribution in [3.8, 4) is 11.6 Å². The molecule has 0 saturated carbocycles. The molecular weight excluding hydrogens is 390 g/mol. The molecule has 3 aromatic rings. The minimum Gasteiger partial charge on any atom is -0.360 e.